The number of aliphatic hydroxyl groups is 1. The van der Waals surface area contributed by atoms with Gasteiger partial charge in [0.25, 0.3) is 0 Å². The van der Waals surface area contributed by atoms with Gasteiger partial charge in [-0.1, -0.05) is 32.0 Å². The van der Waals surface area contributed by atoms with Gasteiger partial charge >= 0.3 is 0 Å². The molecule has 0 bridgehead atoms. The fraction of sp³-hybridized carbons (Fsp3) is 0.647. The van der Waals surface area contributed by atoms with Crippen LogP contribution in [-0.4, -0.2) is 74.8 Å². The zero-order chi connectivity index (χ0) is 17.6. The third-order valence-corrected chi connectivity index (χ3v) is 5.86. The number of benzene rings is 1. The molecule has 1 aliphatic rings. The normalized spacial score (nSPS) is 18.8. The van der Waals surface area contributed by atoms with Crippen LogP contribution in [0.3, 0.4) is 0 Å². The van der Waals surface area contributed by atoms with E-state index in [9.17, 15) is 13.5 Å². The van der Waals surface area contributed by atoms with Gasteiger partial charge in [-0.25, -0.2) is 8.42 Å². The highest BCUT2D eigenvalue weighted by Crippen LogP contribution is 2.17. The van der Waals surface area contributed by atoms with Crippen LogP contribution in [0.4, 0.5) is 0 Å². The van der Waals surface area contributed by atoms with Crippen LogP contribution >= 0.6 is 0 Å². The maximum atomic E-state index is 12.6. The monoisotopic (exact) mass is 356 g/mol. The van der Waals surface area contributed by atoms with Crippen LogP contribution in [0.2, 0.25) is 0 Å². The van der Waals surface area contributed by atoms with Gasteiger partial charge in [0.1, 0.15) is 0 Å². The number of piperazine rings is 1. The summed E-state index contributed by atoms with van der Waals surface area (Å²) in [7, 11) is -3.42. The Bertz CT molecular complexity index is 584. The van der Waals surface area contributed by atoms with Gasteiger partial charge in [-0.3, -0.25) is 4.90 Å². The van der Waals surface area contributed by atoms with Crippen LogP contribution in [0.25, 0.3) is 0 Å². The average Bonchev–Trinajstić information content (AvgIpc) is 2.56. The second kappa shape index (κ2) is 8.92. The SMILES string of the molecule is CC(C)COCC(O)CN1CCN(S(=O)(=O)c2ccccc2)CC1. The first-order valence-corrected chi connectivity index (χ1v) is 9.87. The molecule has 1 fully saturated rings. The number of ether oxygens (including phenoxy) is 1. The first-order chi connectivity index (χ1) is 11.4. The summed E-state index contributed by atoms with van der Waals surface area (Å²) in [5.41, 5.74) is 0. The number of β-amino-alcohol motifs (C(OH)–C–C–N with tert-alkyl or cyclic N) is 1. The molecule has 7 heteroatoms. The fourth-order valence-corrected chi connectivity index (χ4v) is 4.13. The van der Waals surface area contributed by atoms with Gasteiger partial charge in [0.15, 0.2) is 0 Å². The minimum Gasteiger partial charge on any atom is -0.389 e. The van der Waals surface area contributed by atoms with Gasteiger partial charge in [-0.2, -0.15) is 4.31 Å². The molecular weight excluding hydrogens is 328 g/mol. The van der Waals surface area contributed by atoms with Gasteiger partial charge in [-0.15, -0.1) is 0 Å². The predicted molar refractivity (Wildman–Crippen MR) is 93.3 cm³/mol. The maximum absolute atomic E-state index is 12.6. The molecule has 0 aliphatic carbocycles. The summed E-state index contributed by atoms with van der Waals surface area (Å²) in [6.45, 7) is 7.73. The largest absolute Gasteiger partial charge is 0.389 e. The molecule has 136 valence electrons. The van der Waals surface area contributed by atoms with Crippen molar-refractivity contribution in [2.75, 3.05) is 45.9 Å². The molecular formula is C17H28N2O4S. The standard InChI is InChI=1S/C17H28N2O4S/c1-15(2)13-23-14-16(20)12-18-8-10-19(11-9-18)24(21,22)17-6-4-3-5-7-17/h3-7,15-16,20H,8-14H2,1-2H3. The first kappa shape index (κ1) is 19.3. The Hall–Kier alpha value is -0.990. The van der Waals surface area contributed by atoms with Crippen molar-refractivity contribution in [1.82, 2.24) is 9.21 Å². The van der Waals surface area contributed by atoms with E-state index in [1.54, 1.807) is 30.3 Å². The van der Waals surface area contributed by atoms with Crippen LogP contribution in [0.15, 0.2) is 35.2 Å². The molecule has 1 aliphatic heterocycles. The maximum Gasteiger partial charge on any atom is 0.243 e. The Labute approximate surface area is 145 Å². The Kier molecular flexibility index (Phi) is 7.18. The van der Waals surface area contributed by atoms with E-state index in [1.165, 1.54) is 4.31 Å². The van der Waals surface area contributed by atoms with E-state index in [4.69, 9.17) is 4.74 Å². The Morgan fingerprint density at radius 3 is 2.29 bits per heavy atom. The smallest absolute Gasteiger partial charge is 0.243 e. The molecule has 1 saturated heterocycles. The summed E-state index contributed by atoms with van der Waals surface area (Å²) in [6.07, 6.45) is -0.541. The van der Waals surface area contributed by atoms with Crippen LogP contribution in [0, 0.1) is 5.92 Å². The average molecular weight is 356 g/mol. The molecule has 0 aromatic heterocycles. The number of hydrogen-bond acceptors (Lipinski definition) is 5. The molecule has 1 heterocycles. The lowest BCUT2D eigenvalue weighted by Gasteiger charge is -2.34. The predicted octanol–water partition coefficient (Wildman–Crippen LogP) is 1.03. The zero-order valence-corrected chi connectivity index (χ0v) is 15.3. The lowest BCUT2D eigenvalue weighted by Crippen LogP contribution is -2.50. The van der Waals surface area contributed by atoms with Crippen molar-refractivity contribution < 1.29 is 18.3 Å². The lowest BCUT2D eigenvalue weighted by atomic mass is 10.2. The van der Waals surface area contributed by atoms with Gasteiger partial charge in [0, 0.05) is 39.3 Å². The Balaban J connectivity index is 1.79. The summed E-state index contributed by atoms with van der Waals surface area (Å²) >= 11 is 0. The molecule has 1 N–H and O–H groups in total. The van der Waals surface area contributed by atoms with Crippen LogP contribution in [0.5, 0.6) is 0 Å². The first-order valence-electron chi connectivity index (χ1n) is 8.43. The van der Waals surface area contributed by atoms with E-state index in [0.29, 0.717) is 56.8 Å². The van der Waals surface area contributed by atoms with E-state index in [1.807, 2.05) is 0 Å². The summed E-state index contributed by atoms with van der Waals surface area (Å²) in [5, 5.41) is 10.0. The number of sulfonamides is 1. The third-order valence-electron chi connectivity index (χ3n) is 3.94. The minimum absolute atomic E-state index is 0.320. The summed E-state index contributed by atoms with van der Waals surface area (Å²) in [4.78, 5) is 2.42. The second-order valence-electron chi connectivity index (χ2n) is 6.60. The third kappa shape index (κ3) is 5.53. The molecule has 0 saturated carbocycles. The van der Waals surface area contributed by atoms with E-state index in [0.717, 1.165) is 0 Å². The molecule has 1 unspecified atom stereocenters. The highest BCUT2D eigenvalue weighted by Gasteiger charge is 2.28. The quantitative estimate of drug-likeness (QED) is 0.753. The Morgan fingerprint density at radius 2 is 1.71 bits per heavy atom. The molecule has 1 aromatic carbocycles. The van der Waals surface area contributed by atoms with Crippen molar-refractivity contribution in [2.45, 2.75) is 24.8 Å². The molecule has 24 heavy (non-hydrogen) atoms. The van der Waals surface area contributed by atoms with E-state index in [2.05, 4.69) is 18.7 Å². The van der Waals surface area contributed by atoms with Gasteiger partial charge in [-0.05, 0) is 18.1 Å². The lowest BCUT2D eigenvalue weighted by molar-refractivity contribution is 0.00391. The zero-order valence-electron chi connectivity index (χ0n) is 14.5. The van der Waals surface area contributed by atoms with Crippen LogP contribution in [-0.2, 0) is 14.8 Å². The van der Waals surface area contributed by atoms with E-state index in [-0.39, 0.29) is 0 Å². The van der Waals surface area contributed by atoms with Crippen molar-refractivity contribution in [1.29, 1.82) is 0 Å². The molecule has 1 aromatic rings. The van der Waals surface area contributed by atoms with Crippen molar-refractivity contribution in [3.8, 4) is 0 Å². The fourth-order valence-electron chi connectivity index (χ4n) is 2.68. The molecule has 1 atom stereocenters. The topological polar surface area (TPSA) is 70.1 Å². The van der Waals surface area contributed by atoms with Crippen LogP contribution < -0.4 is 0 Å². The summed E-state index contributed by atoms with van der Waals surface area (Å²) < 4.78 is 32.1. The summed E-state index contributed by atoms with van der Waals surface area (Å²) in [5.74, 6) is 0.448. The molecule has 2 rings (SSSR count). The van der Waals surface area contributed by atoms with E-state index < -0.39 is 16.1 Å². The number of nitrogens with zero attached hydrogens (tertiary/aromatic N) is 2. The molecule has 0 spiro atoms. The molecule has 0 amide bonds. The number of hydrogen-bond donors (Lipinski definition) is 1. The molecule has 0 radical (unpaired) electrons. The number of aliphatic hydroxyl groups excluding tert-OH is 1. The highest BCUT2D eigenvalue weighted by atomic mass is 32.2. The minimum atomic E-state index is -3.42. The van der Waals surface area contributed by atoms with Crippen LogP contribution in [0.1, 0.15) is 13.8 Å². The van der Waals surface area contributed by atoms with Crippen molar-refractivity contribution >= 4 is 10.0 Å². The highest BCUT2D eigenvalue weighted by molar-refractivity contribution is 7.89. The Morgan fingerprint density at radius 1 is 1.08 bits per heavy atom. The van der Waals surface area contributed by atoms with E-state index >= 15 is 0 Å². The van der Waals surface area contributed by atoms with Gasteiger partial charge < -0.3 is 9.84 Å². The number of rotatable bonds is 8. The van der Waals surface area contributed by atoms with Crippen molar-refractivity contribution in [3.05, 3.63) is 30.3 Å². The molecule has 6 nitrogen and oxygen atoms in total. The second-order valence-corrected chi connectivity index (χ2v) is 8.54. The van der Waals surface area contributed by atoms with Crippen molar-refractivity contribution in [3.63, 3.8) is 0 Å². The van der Waals surface area contributed by atoms with Crippen molar-refractivity contribution in [2.24, 2.45) is 5.92 Å². The van der Waals surface area contributed by atoms with Gasteiger partial charge in [0.2, 0.25) is 10.0 Å². The summed E-state index contributed by atoms with van der Waals surface area (Å²) in [6, 6.07) is 8.52. The van der Waals surface area contributed by atoms with Gasteiger partial charge in [0.05, 0.1) is 17.6 Å².